The summed E-state index contributed by atoms with van der Waals surface area (Å²) >= 11 is 2.69. The first kappa shape index (κ1) is 11.7. The second-order valence-corrected chi connectivity index (χ2v) is 3.72. The van der Waals surface area contributed by atoms with E-state index in [1.54, 1.807) is 37.2 Å². The molecule has 1 aromatic carbocycles. The fraction of sp³-hybridized carbons (Fsp3) is 0.222. The van der Waals surface area contributed by atoms with Crippen molar-refractivity contribution in [2.24, 2.45) is 0 Å². The van der Waals surface area contributed by atoms with Crippen molar-refractivity contribution < 1.29 is 9.66 Å². The molecule has 5 nitrogen and oxygen atoms in total. The Morgan fingerprint density at radius 1 is 1.47 bits per heavy atom. The molecule has 0 saturated heterocycles. The molecule has 0 aliphatic carbocycles. The fourth-order valence-corrected chi connectivity index (χ4v) is 1.07. The van der Waals surface area contributed by atoms with Gasteiger partial charge < -0.3 is 0 Å². The second-order valence-electron chi connectivity index (χ2n) is 2.99. The summed E-state index contributed by atoms with van der Waals surface area (Å²) in [5, 5.41) is 10.7. The SMILES string of the molecule is CN(C)C(=[Se])Oc1ccccc1[N+](=O)[O-]. The third kappa shape index (κ3) is 3.04. The second kappa shape index (κ2) is 4.91. The maximum atomic E-state index is 10.7. The quantitative estimate of drug-likeness (QED) is 0.462. The van der Waals surface area contributed by atoms with Crippen LogP contribution in [0.3, 0.4) is 0 Å². The molecule has 0 bridgehead atoms. The predicted octanol–water partition coefficient (Wildman–Crippen LogP) is 0.791. The Morgan fingerprint density at radius 3 is 2.60 bits per heavy atom. The van der Waals surface area contributed by atoms with Gasteiger partial charge in [0, 0.05) is 0 Å². The normalized spacial score (nSPS) is 9.47. The van der Waals surface area contributed by atoms with E-state index < -0.39 is 4.92 Å². The van der Waals surface area contributed by atoms with Crippen LogP contribution in [0.2, 0.25) is 0 Å². The van der Waals surface area contributed by atoms with E-state index in [1.807, 2.05) is 0 Å². The minimum absolute atomic E-state index is 0.0490. The standard InChI is InChI=1S/C9H10N2O3Se/c1-10(2)9(15)14-8-6-4-3-5-7(8)11(12)13/h3-6H,1-2H3. The number of ether oxygens (including phenoxy) is 1. The average molecular weight is 273 g/mol. The van der Waals surface area contributed by atoms with Crippen LogP contribution < -0.4 is 4.74 Å². The Kier molecular flexibility index (Phi) is 3.82. The number of benzene rings is 1. The van der Waals surface area contributed by atoms with Crippen LogP contribution in [0.5, 0.6) is 5.75 Å². The fourth-order valence-electron chi connectivity index (χ4n) is 0.880. The van der Waals surface area contributed by atoms with Crippen molar-refractivity contribution in [2.45, 2.75) is 0 Å². The zero-order valence-electron chi connectivity index (χ0n) is 8.34. The van der Waals surface area contributed by atoms with Crippen LogP contribution in [0.15, 0.2) is 24.3 Å². The molecule has 0 fully saturated rings. The molecule has 0 N–H and O–H groups in total. The summed E-state index contributed by atoms with van der Waals surface area (Å²) in [4.78, 5) is 11.9. The van der Waals surface area contributed by atoms with E-state index in [2.05, 4.69) is 15.6 Å². The van der Waals surface area contributed by atoms with E-state index >= 15 is 0 Å². The van der Waals surface area contributed by atoms with Crippen LogP contribution in [0.1, 0.15) is 0 Å². The van der Waals surface area contributed by atoms with Crippen molar-refractivity contribution in [3.8, 4) is 5.75 Å². The monoisotopic (exact) mass is 274 g/mol. The maximum absolute atomic E-state index is 10.7. The van der Waals surface area contributed by atoms with E-state index in [4.69, 9.17) is 4.74 Å². The first-order valence-corrected chi connectivity index (χ1v) is 5.00. The van der Waals surface area contributed by atoms with Crippen LogP contribution >= 0.6 is 0 Å². The molecule has 0 spiro atoms. The van der Waals surface area contributed by atoms with Gasteiger partial charge in [-0.2, -0.15) is 0 Å². The van der Waals surface area contributed by atoms with Crippen molar-refractivity contribution in [2.75, 3.05) is 14.1 Å². The zero-order chi connectivity index (χ0) is 11.4. The summed E-state index contributed by atoms with van der Waals surface area (Å²) in [6.07, 6.45) is 0. The molecule has 0 radical (unpaired) electrons. The molecule has 1 rings (SSSR count). The van der Waals surface area contributed by atoms with E-state index in [0.717, 1.165) is 0 Å². The third-order valence-electron chi connectivity index (χ3n) is 1.62. The Bertz CT molecular complexity index is 393. The zero-order valence-corrected chi connectivity index (χ0v) is 10.0. The minimum atomic E-state index is -0.474. The summed E-state index contributed by atoms with van der Waals surface area (Å²) in [6, 6.07) is 6.24. The number of nitro benzene ring substituents is 1. The molecule has 0 amide bonds. The summed E-state index contributed by atoms with van der Waals surface area (Å²) < 4.78 is 5.79. The van der Waals surface area contributed by atoms with E-state index in [9.17, 15) is 10.1 Å². The molecule has 15 heavy (non-hydrogen) atoms. The number of hydrogen-bond donors (Lipinski definition) is 0. The van der Waals surface area contributed by atoms with Gasteiger partial charge in [0.2, 0.25) is 0 Å². The van der Waals surface area contributed by atoms with E-state index in [0.29, 0.717) is 4.73 Å². The summed E-state index contributed by atoms with van der Waals surface area (Å²) in [5.41, 5.74) is -0.0490. The Labute approximate surface area is 95.2 Å². The molecule has 0 aliphatic rings. The number of para-hydroxylation sites is 2. The van der Waals surface area contributed by atoms with Gasteiger partial charge in [-0.3, -0.25) is 0 Å². The van der Waals surface area contributed by atoms with E-state index in [1.165, 1.54) is 6.07 Å². The van der Waals surface area contributed by atoms with Gasteiger partial charge in [-0.1, -0.05) is 0 Å². The van der Waals surface area contributed by atoms with Gasteiger partial charge in [-0.15, -0.1) is 0 Å². The summed E-state index contributed by atoms with van der Waals surface area (Å²) in [7, 11) is 3.56. The van der Waals surface area contributed by atoms with Gasteiger partial charge in [0.05, 0.1) is 0 Å². The number of nitro groups is 1. The number of hydrogen-bond acceptors (Lipinski definition) is 4. The Balaban J connectivity index is 2.94. The van der Waals surface area contributed by atoms with Crippen LogP contribution in [-0.2, 0) is 0 Å². The molecule has 6 heteroatoms. The van der Waals surface area contributed by atoms with Crippen molar-refractivity contribution in [3.05, 3.63) is 34.4 Å². The van der Waals surface area contributed by atoms with Gasteiger partial charge in [0.1, 0.15) is 0 Å². The molecule has 0 saturated carbocycles. The average Bonchev–Trinajstić information content (AvgIpc) is 2.18. The molecule has 80 valence electrons. The van der Waals surface area contributed by atoms with Gasteiger partial charge in [0.15, 0.2) is 0 Å². The summed E-state index contributed by atoms with van der Waals surface area (Å²) in [6.45, 7) is 0. The van der Waals surface area contributed by atoms with E-state index in [-0.39, 0.29) is 11.4 Å². The predicted molar refractivity (Wildman–Crippen MR) is 58.2 cm³/mol. The molecule has 0 aromatic heterocycles. The van der Waals surface area contributed by atoms with Gasteiger partial charge in [0.25, 0.3) is 0 Å². The van der Waals surface area contributed by atoms with Gasteiger partial charge >= 0.3 is 94.8 Å². The summed E-state index contributed by atoms with van der Waals surface area (Å²) in [5.74, 6) is 0.227. The van der Waals surface area contributed by atoms with Gasteiger partial charge in [-0.05, 0) is 0 Å². The van der Waals surface area contributed by atoms with Crippen molar-refractivity contribution in [3.63, 3.8) is 0 Å². The molecule has 0 unspecified atom stereocenters. The van der Waals surface area contributed by atoms with Gasteiger partial charge in [-0.25, -0.2) is 0 Å². The molecule has 0 heterocycles. The number of nitrogens with zero attached hydrogens (tertiary/aromatic N) is 2. The van der Waals surface area contributed by atoms with Crippen molar-refractivity contribution in [1.29, 1.82) is 0 Å². The molecular formula is C9H10N2O3Se. The number of rotatable bonds is 4. The van der Waals surface area contributed by atoms with Crippen LogP contribution in [0, 0.1) is 10.1 Å². The third-order valence-corrected chi connectivity index (χ3v) is 2.57. The first-order chi connectivity index (χ1) is 7.02. The molecule has 0 atom stereocenters. The molecule has 1 aromatic rings. The Hall–Kier alpha value is -1.39. The van der Waals surface area contributed by atoms with Crippen LogP contribution in [-0.4, -0.2) is 44.2 Å². The molecular weight excluding hydrogens is 263 g/mol. The molecule has 0 aliphatic heterocycles. The first-order valence-electron chi connectivity index (χ1n) is 4.15. The van der Waals surface area contributed by atoms with Crippen LogP contribution in [0.4, 0.5) is 5.69 Å². The van der Waals surface area contributed by atoms with Crippen molar-refractivity contribution in [1.82, 2.24) is 4.90 Å². The van der Waals surface area contributed by atoms with Crippen molar-refractivity contribution >= 4 is 26.0 Å². The topological polar surface area (TPSA) is 55.6 Å². The Morgan fingerprint density at radius 2 is 2.07 bits per heavy atom. The van der Waals surface area contributed by atoms with Crippen LogP contribution in [0.25, 0.3) is 0 Å².